The molecule has 6 rings (SSSR count). The number of pyridine rings is 1. The zero-order valence-electron chi connectivity index (χ0n) is 20.2. The van der Waals surface area contributed by atoms with Crippen LogP contribution in [-0.2, 0) is 5.54 Å². The van der Waals surface area contributed by atoms with Crippen LogP contribution in [0.2, 0.25) is 0 Å². The molecule has 1 atom stereocenters. The van der Waals surface area contributed by atoms with Gasteiger partial charge in [-0.2, -0.15) is 0 Å². The molecule has 2 aromatic rings. The van der Waals surface area contributed by atoms with E-state index < -0.39 is 29.8 Å². The number of nitrogens with zero attached hydrogens (tertiary/aromatic N) is 2. The third-order valence-electron chi connectivity index (χ3n) is 8.13. The van der Waals surface area contributed by atoms with Gasteiger partial charge in [-0.25, -0.2) is 13.2 Å². The SMILES string of the molecule is CC(NC(=O)c1cn(C23CC(C2)C3)c(=O)cc1N[C@H]1C[C@@H](N(C)C)C1)c1cccc(C(F)F)c1F. The normalized spacial score (nSPS) is 27.6. The van der Waals surface area contributed by atoms with Gasteiger partial charge in [0.25, 0.3) is 17.9 Å². The number of nitrogens with one attached hydrogen (secondary N) is 2. The number of alkyl halides is 2. The van der Waals surface area contributed by atoms with Gasteiger partial charge in [0.15, 0.2) is 0 Å². The molecule has 2 N–H and O–H groups in total. The summed E-state index contributed by atoms with van der Waals surface area (Å²) < 4.78 is 42.7. The van der Waals surface area contributed by atoms with Gasteiger partial charge < -0.3 is 20.1 Å². The molecule has 4 aliphatic carbocycles. The van der Waals surface area contributed by atoms with Crippen molar-refractivity contribution < 1.29 is 18.0 Å². The molecular formula is C26H31F3N4O2. The fraction of sp³-hybridized carbons (Fsp3) is 0.538. The number of aromatic nitrogens is 1. The summed E-state index contributed by atoms with van der Waals surface area (Å²) in [6, 6.07) is 5.01. The maximum atomic E-state index is 14.7. The number of amides is 1. The van der Waals surface area contributed by atoms with Crippen molar-refractivity contribution in [2.24, 2.45) is 5.92 Å². The Bertz CT molecular complexity index is 1190. The van der Waals surface area contributed by atoms with E-state index in [0.29, 0.717) is 23.2 Å². The van der Waals surface area contributed by atoms with E-state index >= 15 is 0 Å². The Morgan fingerprint density at radius 2 is 1.83 bits per heavy atom. The maximum absolute atomic E-state index is 14.7. The second-order valence-corrected chi connectivity index (χ2v) is 10.7. The van der Waals surface area contributed by atoms with Crippen LogP contribution in [0.25, 0.3) is 0 Å². The number of carbonyl (C=O) groups excluding carboxylic acids is 1. The molecule has 188 valence electrons. The van der Waals surface area contributed by atoms with Crippen molar-refractivity contribution >= 4 is 11.6 Å². The Morgan fingerprint density at radius 3 is 2.40 bits per heavy atom. The Kier molecular flexibility index (Phi) is 5.94. The predicted octanol–water partition coefficient (Wildman–Crippen LogP) is 4.43. The summed E-state index contributed by atoms with van der Waals surface area (Å²) in [6.45, 7) is 1.56. The highest BCUT2D eigenvalue weighted by Gasteiger charge is 2.58. The van der Waals surface area contributed by atoms with Crippen LogP contribution in [0.1, 0.15) is 73.0 Å². The lowest BCUT2D eigenvalue weighted by Gasteiger charge is -2.62. The van der Waals surface area contributed by atoms with Crippen LogP contribution >= 0.6 is 0 Å². The Morgan fingerprint density at radius 1 is 1.17 bits per heavy atom. The summed E-state index contributed by atoms with van der Waals surface area (Å²) >= 11 is 0. The molecule has 35 heavy (non-hydrogen) atoms. The summed E-state index contributed by atoms with van der Waals surface area (Å²) in [5.41, 5.74) is -0.291. The first kappa shape index (κ1) is 23.9. The van der Waals surface area contributed by atoms with Crippen molar-refractivity contribution in [3.63, 3.8) is 0 Å². The van der Waals surface area contributed by atoms with E-state index in [1.165, 1.54) is 18.2 Å². The van der Waals surface area contributed by atoms with Crippen molar-refractivity contribution in [2.75, 3.05) is 19.4 Å². The molecule has 4 saturated carbocycles. The van der Waals surface area contributed by atoms with Crippen LogP contribution in [0.15, 0.2) is 35.3 Å². The first-order valence-electron chi connectivity index (χ1n) is 12.2. The first-order valence-corrected chi connectivity index (χ1v) is 12.2. The van der Waals surface area contributed by atoms with E-state index in [4.69, 9.17) is 0 Å². The highest BCUT2D eigenvalue weighted by molar-refractivity contribution is 5.99. The number of benzene rings is 1. The molecule has 0 saturated heterocycles. The number of hydrogen-bond acceptors (Lipinski definition) is 4. The smallest absolute Gasteiger partial charge is 0.266 e. The second kappa shape index (κ2) is 8.69. The molecule has 4 fully saturated rings. The van der Waals surface area contributed by atoms with E-state index in [0.717, 1.165) is 38.2 Å². The number of rotatable bonds is 8. The summed E-state index contributed by atoms with van der Waals surface area (Å²) in [4.78, 5) is 28.5. The van der Waals surface area contributed by atoms with Gasteiger partial charge in [0.1, 0.15) is 5.82 Å². The Balaban J connectivity index is 1.42. The predicted molar refractivity (Wildman–Crippen MR) is 127 cm³/mol. The molecule has 1 aromatic heterocycles. The van der Waals surface area contributed by atoms with Crippen molar-refractivity contribution in [3.05, 3.63) is 63.3 Å². The fourth-order valence-corrected chi connectivity index (χ4v) is 5.70. The summed E-state index contributed by atoms with van der Waals surface area (Å²) in [5, 5.41) is 6.11. The maximum Gasteiger partial charge on any atom is 0.266 e. The minimum Gasteiger partial charge on any atom is -0.381 e. The van der Waals surface area contributed by atoms with Crippen molar-refractivity contribution in [1.82, 2.24) is 14.8 Å². The number of halogens is 3. The van der Waals surface area contributed by atoms with E-state index in [1.54, 1.807) is 17.7 Å². The molecular weight excluding hydrogens is 457 g/mol. The highest BCUT2D eigenvalue weighted by atomic mass is 19.3. The van der Waals surface area contributed by atoms with Gasteiger partial charge in [0.2, 0.25) is 0 Å². The number of anilines is 1. The minimum atomic E-state index is -2.95. The summed E-state index contributed by atoms with van der Waals surface area (Å²) in [6.07, 6.45) is 3.28. The standard InChI is InChI=1S/C26H31F3N4O2/c1-14(18-5-4-6-19(23(18)27)24(28)29)30-25(35)20-13-33(26-10-15(11-26)12-26)22(34)9-21(20)31-16-7-17(8-16)32(2)3/h4-6,9,13-17,24,31H,7-8,10-12H2,1-3H3,(H,30,35)/t14?,15?,16-,17+,26?. The monoisotopic (exact) mass is 488 g/mol. The van der Waals surface area contributed by atoms with Crippen molar-refractivity contribution in [2.45, 2.75) is 69.1 Å². The lowest BCUT2D eigenvalue weighted by atomic mass is 9.49. The molecule has 0 radical (unpaired) electrons. The largest absolute Gasteiger partial charge is 0.381 e. The molecule has 9 heteroatoms. The van der Waals surface area contributed by atoms with Crippen LogP contribution in [0.5, 0.6) is 0 Å². The number of carbonyl (C=O) groups is 1. The molecule has 0 spiro atoms. The van der Waals surface area contributed by atoms with E-state index in [-0.39, 0.29) is 22.7 Å². The van der Waals surface area contributed by atoms with Crippen LogP contribution in [0, 0.1) is 11.7 Å². The van der Waals surface area contributed by atoms with E-state index in [9.17, 15) is 22.8 Å². The summed E-state index contributed by atoms with van der Waals surface area (Å²) in [7, 11) is 4.04. The van der Waals surface area contributed by atoms with Crippen LogP contribution in [0.4, 0.5) is 18.9 Å². The van der Waals surface area contributed by atoms with Gasteiger partial charge >= 0.3 is 0 Å². The number of hydrogen-bond donors (Lipinski definition) is 2. The topological polar surface area (TPSA) is 66.4 Å². The lowest BCUT2D eigenvalue weighted by Crippen LogP contribution is -2.62. The zero-order chi connectivity index (χ0) is 25.1. The third-order valence-corrected chi connectivity index (χ3v) is 8.13. The van der Waals surface area contributed by atoms with Crippen molar-refractivity contribution in [1.29, 1.82) is 0 Å². The van der Waals surface area contributed by atoms with Crippen LogP contribution in [-0.4, -0.2) is 41.6 Å². The lowest BCUT2D eigenvalue weighted by molar-refractivity contribution is -0.0914. The van der Waals surface area contributed by atoms with Gasteiger partial charge in [-0.05, 0) is 59.0 Å². The van der Waals surface area contributed by atoms with Gasteiger partial charge in [-0.3, -0.25) is 9.59 Å². The van der Waals surface area contributed by atoms with Gasteiger partial charge in [-0.15, -0.1) is 0 Å². The molecule has 1 heterocycles. The summed E-state index contributed by atoms with van der Waals surface area (Å²) in [5.74, 6) is -0.845. The van der Waals surface area contributed by atoms with Gasteiger partial charge in [-0.1, -0.05) is 18.2 Å². The molecule has 1 amide bonds. The van der Waals surface area contributed by atoms with E-state index in [1.807, 2.05) is 14.1 Å². The minimum absolute atomic E-state index is 0.00813. The Labute approximate surface area is 202 Å². The van der Waals surface area contributed by atoms with Gasteiger partial charge in [0.05, 0.1) is 22.9 Å². The molecule has 4 aliphatic rings. The average Bonchev–Trinajstić information content (AvgIpc) is 2.69. The van der Waals surface area contributed by atoms with Crippen LogP contribution < -0.4 is 16.2 Å². The van der Waals surface area contributed by atoms with Crippen LogP contribution in [0.3, 0.4) is 0 Å². The third kappa shape index (κ3) is 4.13. The Hall–Kier alpha value is -2.81. The van der Waals surface area contributed by atoms with Gasteiger partial charge in [0, 0.05) is 35.4 Å². The quantitative estimate of drug-likeness (QED) is 0.577. The molecule has 0 aliphatic heterocycles. The molecule has 1 unspecified atom stereocenters. The fourth-order valence-electron chi connectivity index (χ4n) is 5.70. The first-order chi connectivity index (χ1) is 16.6. The zero-order valence-corrected chi connectivity index (χ0v) is 20.2. The van der Waals surface area contributed by atoms with Crippen molar-refractivity contribution in [3.8, 4) is 0 Å². The molecule has 6 nitrogen and oxygen atoms in total. The van der Waals surface area contributed by atoms with E-state index in [2.05, 4.69) is 15.5 Å². The molecule has 1 aromatic carbocycles. The average molecular weight is 489 g/mol. The second-order valence-electron chi connectivity index (χ2n) is 10.7. The molecule has 2 bridgehead atoms. The highest BCUT2D eigenvalue weighted by Crippen LogP contribution is 2.61.